The Hall–Kier alpha value is -3.24. The van der Waals surface area contributed by atoms with E-state index >= 15 is 0 Å². The van der Waals surface area contributed by atoms with Crippen molar-refractivity contribution in [3.63, 3.8) is 0 Å². The zero-order chi connectivity index (χ0) is 21.4. The van der Waals surface area contributed by atoms with Gasteiger partial charge >= 0.3 is 0 Å². The molecule has 0 radical (unpaired) electrons. The van der Waals surface area contributed by atoms with Crippen LogP contribution in [0.4, 0.5) is 4.39 Å². The number of nitriles is 1. The summed E-state index contributed by atoms with van der Waals surface area (Å²) in [6.07, 6.45) is 2.88. The predicted octanol–water partition coefficient (Wildman–Crippen LogP) is 4.35. The molecule has 0 bridgehead atoms. The molecule has 2 aromatic heterocycles. The molecule has 2 heterocycles. The van der Waals surface area contributed by atoms with Crippen molar-refractivity contribution in [2.45, 2.75) is 40.0 Å². The van der Waals surface area contributed by atoms with Crippen molar-refractivity contribution in [1.29, 1.82) is 5.26 Å². The summed E-state index contributed by atoms with van der Waals surface area (Å²) in [5, 5.41) is 12.3. The lowest BCUT2D eigenvalue weighted by molar-refractivity contribution is 0.233. The lowest BCUT2D eigenvalue weighted by atomic mass is 10.2. The second kappa shape index (κ2) is 10.3. The first-order valence-electron chi connectivity index (χ1n) is 9.67. The van der Waals surface area contributed by atoms with Crippen molar-refractivity contribution in [3.05, 3.63) is 72.2 Å². The monoisotopic (exact) mass is 394 g/mol. The van der Waals surface area contributed by atoms with Gasteiger partial charge in [0.2, 0.25) is 5.95 Å². The van der Waals surface area contributed by atoms with Crippen LogP contribution in [0.25, 0.3) is 11.0 Å². The Morgan fingerprint density at radius 3 is 2.69 bits per heavy atom. The van der Waals surface area contributed by atoms with Gasteiger partial charge in [0.05, 0.1) is 29.2 Å². The largest absolute Gasteiger partial charge is 0.351 e. The van der Waals surface area contributed by atoms with E-state index in [4.69, 9.17) is 10.2 Å². The molecule has 0 amide bonds. The van der Waals surface area contributed by atoms with E-state index in [9.17, 15) is 4.39 Å². The fraction of sp³-hybridized carbons (Fsp3) is 0.318. The van der Waals surface area contributed by atoms with E-state index in [0.717, 1.165) is 29.0 Å². The van der Waals surface area contributed by atoms with Crippen molar-refractivity contribution in [3.8, 4) is 6.07 Å². The molecule has 29 heavy (non-hydrogen) atoms. The number of nitrogens with zero attached hydrogens (tertiary/aromatic N) is 5. The van der Waals surface area contributed by atoms with Crippen LogP contribution < -0.4 is 5.32 Å². The average Bonchev–Trinajstić information content (AvgIpc) is 3.11. The number of hydrogen-bond donors (Lipinski definition) is 1. The van der Waals surface area contributed by atoms with Crippen molar-refractivity contribution in [2.75, 3.05) is 7.05 Å². The standard InChI is InChI=1S/C20H21FN6.C2H6/c1-4-26(20(23-3)15-8-9-24-18(21)11-15)13-19-25-16-10-14(12-22)6-7-17(16)27(19)5-2;1-2/h4,6-11,20,23H,1,5,13H2,2-3H3;1-2H3. The molecule has 1 unspecified atom stereocenters. The molecule has 7 heteroatoms. The minimum atomic E-state index is -0.526. The van der Waals surface area contributed by atoms with E-state index in [2.05, 4.69) is 34.4 Å². The third-order valence-corrected chi connectivity index (χ3v) is 4.50. The van der Waals surface area contributed by atoms with Crippen LogP contribution in [0.3, 0.4) is 0 Å². The van der Waals surface area contributed by atoms with Crippen LogP contribution in [0.2, 0.25) is 0 Å². The van der Waals surface area contributed by atoms with Crippen LogP contribution in [0.15, 0.2) is 49.3 Å². The van der Waals surface area contributed by atoms with E-state index in [1.807, 2.05) is 31.9 Å². The maximum absolute atomic E-state index is 13.6. The molecule has 1 atom stereocenters. The second-order valence-corrected chi connectivity index (χ2v) is 6.05. The van der Waals surface area contributed by atoms with E-state index < -0.39 is 5.95 Å². The highest BCUT2D eigenvalue weighted by molar-refractivity contribution is 5.77. The first-order valence-corrected chi connectivity index (χ1v) is 9.67. The molecule has 3 rings (SSSR count). The predicted molar refractivity (Wildman–Crippen MR) is 113 cm³/mol. The van der Waals surface area contributed by atoms with E-state index in [1.54, 1.807) is 24.4 Å². The number of hydrogen-bond acceptors (Lipinski definition) is 5. The highest BCUT2D eigenvalue weighted by atomic mass is 19.1. The molecule has 0 aliphatic carbocycles. The number of fused-ring (bicyclic) bond motifs is 1. The molecule has 0 aliphatic heterocycles. The summed E-state index contributed by atoms with van der Waals surface area (Å²) in [5.41, 5.74) is 3.09. The van der Waals surface area contributed by atoms with Gasteiger partial charge < -0.3 is 9.47 Å². The average molecular weight is 394 g/mol. The van der Waals surface area contributed by atoms with Crippen LogP contribution in [-0.4, -0.2) is 26.5 Å². The maximum atomic E-state index is 13.6. The molecule has 0 fully saturated rings. The smallest absolute Gasteiger partial charge is 0.213 e. The number of imidazole rings is 1. The van der Waals surface area contributed by atoms with Gasteiger partial charge in [0, 0.05) is 12.7 Å². The summed E-state index contributed by atoms with van der Waals surface area (Å²) in [7, 11) is 1.81. The van der Waals surface area contributed by atoms with Crippen LogP contribution in [0.1, 0.15) is 43.9 Å². The van der Waals surface area contributed by atoms with Crippen LogP contribution in [0, 0.1) is 17.3 Å². The summed E-state index contributed by atoms with van der Waals surface area (Å²) in [4.78, 5) is 10.3. The number of rotatable bonds is 7. The molecule has 0 spiro atoms. The third kappa shape index (κ3) is 4.79. The van der Waals surface area contributed by atoms with E-state index in [0.29, 0.717) is 12.1 Å². The van der Waals surface area contributed by atoms with Crippen molar-refractivity contribution in [1.82, 2.24) is 24.8 Å². The zero-order valence-corrected chi connectivity index (χ0v) is 17.4. The van der Waals surface area contributed by atoms with Crippen LogP contribution in [-0.2, 0) is 13.1 Å². The molecule has 0 saturated carbocycles. The number of halogens is 1. The van der Waals surface area contributed by atoms with Gasteiger partial charge in [-0.05, 0) is 56.1 Å². The molecule has 152 valence electrons. The van der Waals surface area contributed by atoms with Gasteiger partial charge in [-0.25, -0.2) is 9.97 Å². The normalized spacial score (nSPS) is 11.3. The van der Waals surface area contributed by atoms with Gasteiger partial charge in [-0.15, -0.1) is 0 Å². The van der Waals surface area contributed by atoms with Gasteiger partial charge in [0.15, 0.2) is 0 Å². The van der Waals surface area contributed by atoms with Gasteiger partial charge in [0.25, 0.3) is 0 Å². The minimum Gasteiger partial charge on any atom is -0.351 e. The van der Waals surface area contributed by atoms with E-state index in [-0.39, 0.29) is 6.17 Å². The molecule has 0 saturated heterocycles. The van der Waals surface area contributed by atoms with Crippen molar-refractivity contribution < 1.29 is 4.39 Å². The molecular weight excluding hydrogens is 367 g/mol. The SMILES string of the molecule is C=CN(Cc1nc2cc(C#N)ccc2n1CC)C(NC)c1ccnc(F)c1.CC. The Bertz CT molecular complexity index is 1000. The third-order valence-electron chi connectivity index (χ3n) is 4.50. The Labute approximate surface area is 171 Å². The lowest BCUT2D eigenvalue weighted by Gasteiger charge is -2.30. The molecular formula is C22H27FN6. The second-order valence-electron chi connectivity index (χ2n) is 6.05. The number of nitrogens with one attached hydrogen (secondary N) is 1. The first kappa shape index (κ1) is 22.1. The molecule has 0 aliphatic rings. The fourth-order valence-electron chi connectivity index (χ4n) is 3.26. The molecule has 1 aromatic carbocycles. The quantitative estimate of drug-likeness (QED) is 0.476. The fourth-order valence-corrected chi connectivity index (χ4v) is 3.26. The summed E-state index contributed by atoms with van der Waals surface area (Å²) in [6.45, 7) is 11.2. The Morgan fingerprint density at radius 1 is 1.34 bits per heavy atom. The Morgan fingerprint density at radius 2 is 2.10 bits per heavy atom. The number of aromatic nitrogens is 3. The number of benzene rings is 1. The van der Waals surface area contributed by atoms with Crippen molar-refractivity contribution in [2.24, 2.45) is 0 Å². The molecule has 6 nitrogen and oxygen atoms in total. The minimum absolute atomic E-state index is 0.278. The Balaban J connectivity index is 0.00000145. The summed E-state index contributed by atoms with van der Waals surface area (Å²) >= 11 is 0. The summed E-state index contributed by atoms with van der Waals surface area (Å²) in [6, 6.07) is 10.8. The maximum Gasteiger partial charge on any atom is 0.213 e. The first-order chi connectivity index (χ1) is 14.1. The lowest BCUT2D eigenvalue weighted by Crippen LogP contribution is -2.33. The van der Waals surface area contributed by atoms with Crippen molar-refractivity contribution >= 4 is 11.0 Å². The molecule has 1 N–H and O–H groups in total. The highest BCUT2D eigenvalue weighted by Gasteiger charge is 2.20. The van der Waals surface area contributed by atoms with Gasteiger partial charge in [-0.2, -0.15) is 9.65 Å². The highest BCUT2D eigenvalue weighted by Crippen LogP contribution is 2.23. The topological polar surface area (TPSA) is 69.8 Å². The van der Waals surface area contributed by atoms with Gasteiger partial charge in [-0.1, -0.05) is 20.4 Å². The van der Waals surface area contributed by atoms with Gasteiger partial charge in [-0.3, -0.25) is 5.32 Å². The van der Waals surface area contributed by atoms with E-state index in [1.165, 1.54) is 12.3 Å². The summed E-state index contributed by atoms with van der Waals surface area (Å²) < 4.78 is 15.7. The summed E-state index contributed by atoms with van der Waals surface area (Å²) in [5.74, 6) is 0.318. The Kier molecular flexibility index (Phi) is 7.87. The molecule has 3 aromatic rings. The van der Waals surface area contributed by atoms with Gasteiger partial charge in [0.1, 0.15) is 12.0 Å². The number of pyridine rings is 1. The zero-order valence-electron chi connectivity index (χ0n) is 17.4. The number of aryl methyl sites for hydroxylation is 1. The van der Waals surface area contributed by atoms with Crippen LogP contribution >= 0.6 is 0 Å². The van der Waals surface area contributed by atoms with Crippen LogP contribution in [0.5, 0.6) is 0 Å².